The molecule has 1 fully saturated rings. The van der Waals surface area contributed by atoms with Crippen LogP contribution in [0.25, 0.3) is 0 Å². The zero-order valence-corrected chi connectivity index (χ0v) is 16.5. The van der Waals surface area contributed by atoms with E-state index in [2.05, 4.69) is 9.46 Å². The van der Waals surface area contributed by atoms with Gasteiger partial charge in [0.25, 0.3) is 10.0 Å². The third kappa shape index (κ3) is 5.86. The molecule has 1 saturated heterocycles. The largest absolute Gasteiger partial charge is 0.573 e. The number of nitrogens with zero attached hydrogens (tertiary/aromatic N) is 1. The first-order valence-corrected chi connectivity index (χ1v) is 10.4. The Balaban J connectivity index is 1.70. The molecule has 162 valence electrons. The number of para-hydroxylation sites is 1. The van der Waals surface area contributed by atoms with E-state index in [1.807, 2.05) is 0 Å². The van der Waals surface area contributed by atoms with E-state index in [4.69, 9.17) is 4.74 Å². The fraction of sp³-hybridized carbons (Fsp3) is 0.316. The number of sulfonamides is 1. The van der Waals surface area contributed by atoms with Gasteiger partial charge < -0.3 is 14.4 Å². The minimum atomic E-state index is -5.03. The molecule has 2 aromatic rings. The minimum Gasteiger partial charge on any atom is -0.404 e. The number of hydrogen-bond donors (Lipinski definition) is 1. The Morgan fingerprint density at radius 2 is 1.70 bits per heavy atom. The second-order valence-electron chi connectivity index (χ2n) is 6.47. The van der Waals surface area contributed by atoms with Gasteiger partial charge in [0.05, 0.1) is 19.6 Å². The van der Waals surface area contributed by atoms with Crippen molar-refractivity contribution in [1.82, 2.24) is 4.90 Å². The van der Waals surface area contributed by atoms with Crippen molar-refractivity contribution in [3.05, 3.63) is 54.1 Å². The summed E-state index contributed by atoms with van der Waals surface area (Å²) in [6.45, 7) is 2.03. The van der Waals surface area contributed by atoms with Crippen molar-refractivity contribution in [1.29, 1.82) is 0 Å². The number of carbonyl (C=O) groups is 1. The van der Waals surface area contributed by atoms with E-state index < -0.39 is 27.0 Å². The smallest absolute Gasteiger partial charge is 0.404 e. The predicted octanol–water partition coefficient (Wildman–Crippen LogP) is 2.79. The maximum absolute atomic E-state index is 12.5. The number of alkyl halides is 3. The van der Waals surface area contributed by atoms with Gasteiger partial charge in [-0.1, -0.05) is 24.3 Å². The van der Waals surface area contributed by atoms with Crippen LogP contribution in [0.2, 0.25) is 0 Å². The maximum atomic E-state index is 12.5. The summed E-state index contributed by atoms with van der Waals surface area (Å²) in [7, 11) is -4.33. The fourth-order valence-corrected chi connectivity index (χ4v) is 4.07. The van der Waals surface area contributed by atoms with Crippen molar-refractivity contribution in [3.8, 4) is 5.75 Å². The molecule has 0 unspecified atom stereocenters. The lowest BCUT2D eigenvalue weighted by molar-refractivity contribution is -0.275. The van der Waals surface area contributed by atoms with Gasteiger partial charge in [-0.15, -0.1) is 13.2 Å². The van der Waals surface area contributed by atoms with Crippen LogP contribution in [0.3, 0.4) is 0 Å². The predicted molar refractivity (Wildman–Crippen MR) is 101 cm³/mol. The highest BCUT2D eigenvalue weighted by Crippen LogP contribution is 2.30. The third-order valence-electron chi connectivity index (χ3n) is 4.29. The molecule has 0 atom stereocenters. The van der Waals surface area contributed by atoms with Crippen molar-refractivity contribution in [3.63, 3.8) is 0 Å². The number of ether oxygens (including phenoxy) is 2. The monoisotopic (exact) mass is 444 g/mol. The molecule has 0 spiro atoms. The summed E-state index contributed by atoms with van der Waals surface area (Å²) in [5, 5.41) is 0. The summed E-state index contributed by atoms with van der Waals surface area (Å²) in [6.07, 6.45) is -4.88. The standard InChI is InChI=1S/C19H19F3N2O5S/c20-19(21,22)29-16-3-1-2-4-17(16)30(26,27)23-15-7-5-14(6-8-15)13-18(25)24-9-11-28-12-10-24/h1-8,23H,9-13H2. The van der Waals surface area contributed by atoms with Crippen molar-refractivity contribution in [2.45, 2.75) is 17.7 Å². The van der Waals surface area contributed by atoms with E-state index in [0.29, 0.717) is 31.9 Å². The Labute approximate surface area is 171 Å². The van der Waals surface area contributed by atoms with E-state index >= 15 is 0 Å². The SMILES string of the molecule is O=C(Cc1ccc(NS(=O)(=O)c2ccccc2OC(F)(F)F)cc1)N1CCOCC1. The lowest BCUT2D eigenvalue weighted by atomic mass is 10.1. The summed E-state index contributed by atoms with van der Waals surface area (Å²) in [4.78, 5) is 13.3. The van der Waals surface area contributed by atoms with Gasteiger partial charge in [0.2, 0.25) is 5.91 Å². The molecule has 0 aliphatic carbocycles. The molecule has 0 bridgehead atoms. The van der Waals surface area contributed by atoms with Crippen LogP contribution in [0.1, 0.15) is 5.56 Å². The molecule has 1 heterocycles. The molecule has 30 heavy (non-hydrogen) atoms. The van der Waals surface area contributed by atoms with E-state index in [1.165, 1.54) is 24.3 Å². The first kappa shape index (κ1) is 21.9. The van der Waals surface area contributed by atoms with Crippen molar-refractivity contribution in [2.75, 3.05) is 31.0 Å². The Bertz CT molecular complexity index is 988. The van der Waals surface area contributed by atoms with Crippen molar-refractivity contribution < 1.29 is 35.9 Å². The van der Waals surface area contributed by atoms with Crippen LogP contribution in [0, 0.1) is 0 Å². The second kappa shape index (κ2) is 8.92. The lowest BCUT2D eigenvalue weighted by Gasteiger charge is -2.26. The Morgan fingerprint density at radius 1 is 1.07 bits per heavy atom. The highest BCUT2D eigenvalue weighted by molar-refractivity contribution is 7.92. The third-order valence-corrected chi connectivity index (χ3v) is 5.71. The minimum absolute atomic E-state index is 0.0649. The van der Waals surface area contributed by atoms with E-state index in [9.17, 15) is 26.4 Å². The average Bonchev–Trinajstić information content (AvgIpc) is 2.69. The van der Waals surface area contributed by atoms with Gasteiger partial charge in [-0.25, -0.2) is 8.42 Å². The first-order valence-electron chi connectivity index (χ1n) is 8.96. The number of nitrogens with one attached hydrogen (secondary N) is 1. The second-order valence-corrected chi connectivity index (χ2v) is 8.12. The van der Waals surface area contributed by atoms with E-state index in [0.717, 1.165) is 12.1 Å². The number of morpholine rings is 1. The summed E-state index contributed by atoms with van der Waals surface area (Å²) >= 11 is 0. The Kier molecular flexibility index (Phi) is 6.52. The van der Waals surface area contributed by atoms with Crippen LogP contribution in [0.4, 0.5) is 18.9 Å². The Hall–Kier alpha value is -2.79. The molecule has 2 aromatic carbocycles. The van der Waals surface area contributed by atoms with Gasteiger partial charge in [0, 0.05) is 18.8 Å². The van der Waals surface area contributed by atoms with Crippen molar-refractivity contribution in [2.24, 2.45) is 0 Å². The van der Waals surface area contributed by atoms with Crippen LogP contribution < -0.4 is 9.46 Å². The molecule has 0 aromatic heterocycles. The normalized spacial score (nSPS) is 15.0. The van der Waals surface area contributed by atoms with Crippen LogP contribution >= 0.6 is 0 Å². The molecule has 1 N–H and O–H groups in total. The van der Waals surface area contributed by atoms with Gasteiger partial charge in [-0.3, -0.25) is 9.52 Å². The average molecular weight is 444 g/mol. The fourth-order valence-electron chi connectivity index (χ4n) is 2.88. The van der Waals surface area contributed by atoms with E-state index in [1.54, 1.807) is 17.0 Å². The van der Waals surface area contributed by atoms with Gasteiger partial charge in [0.1, 0.15) is 10.6 Å². The lowest BCUT2D eigenvalue weighted by Crippen LogP contribution is -2.41. The summed E-state index contributed by atoms with van der Waals surface area (Å²) in [5.41, 5.74) is 0.814. The highest BCUT2D eigenvalue weighted by Gasteiger charge is 2.34. The number of rotatable bonds is 6. The summed E-state index contributed by atoms with van der Waals surface area (Å²) < 4.78 is 74.0. The van der Waals surface area contributed by atoms with E-state index in [-0.39, 0.29) is 18.0 Å². The number of anilines is 1. The molecular formula is C19H19F3N2O5S. The van der Waals surface area contributed by atoms with Gasteiger partial charge in [-0.2, -0.15) is 0 Å². The maximum Gasteiger partial charge on any atom is 0.573 e. The van der Waals surface area contributed by atoms with Crippen LogP contribution in [-0.4, -0.2) is 51.9 Å². The zero-order chi connectivity index (χ0) is 21.8. The number of benzene rings is 2. The molecule has 1 amide bonds. The molecule has 0 saturated carbocycles. The number of carbonyl (C=O) groups excluding carboxylic acids is 1. The van der Waals surface area contributed by atoms with Crippen LogP contribution in [-0.2, 0) is 26.0 Å². The summed E-state index contributed by atoms with van der Waals surface area (Å²) in [5.74, 6) is -0.893. The molecule has 11 heteroatoms. The number of halogens is 3. The zero-order valence-electron chi connectivity index (χ0n) is 15.7. The topological polar surface area (TPSA) is 84.9 Å². The quantitative estimate of drug-likeness (QED) is 0.741. The van der Waals surface area contributed by atoms with Gasteiger partial charge >= 0.3 is 6.36 Å². The summed E-state index contributed by atoms with van der Waals surface area (Å²) in [6, 6.07) is 10.5. The van der Waals surface area contributed by atoms with Gasteiger partial charge in [0.15, 0.2) is 0 Å². The number of hydrogen-bond acceptors (Lipinski definition) is 5. The molecule has 0 radical (unpaired) electrons. The molecular weight excluding hydrogens is 425 g/mol. The van der Waals surface area contributed by atoms with Gasteiger partial charge in [-0.05, 0) is 29.8 Å². The molecule has 7 nitrogen and oxygen atoms in total. The number of amides is 1. The molecule has 1 aliphatic rings. The van der Waals surface area contributed by atoms with Crippen LogP contribution in [0.15, 0.2) is 53.4 Å². The first-order chi connectivity index (χ1) is 14.1. The molecule has 1 aliphatic heterocycles. The highest BCUT2D eigenvalue weighted by atomic mass is 32.2. The van der Waals surface area contributed by atoms with Crippen molar-refractivity contribution >= 4 is 21.6 Å². The van der Waals surface area contributed by atoms with Crippen LogP contribution in [0.5, 0.6) is 5.75 Å². The molecule has 3 rings (SSSR count). The Morgan fingerprint density at radius 3 is 2.33 bits per heavy atom.